The van der Waals surface area contributed by atoms with Gasteiger partial charge in [-0.1, -0.05) is 23.8 Å². The summed E-state index contributed by atoms with van der Waals surface area (Å²) in [6.45, 7) is 5.63. The summed E-state index contributed by atoms with van der Waals surface area (Å²) in [5, 5.41) is 0. The van der Waals surface area contributed by atoms with Gasteiger partial charge in [0.2, 0.25) is 11.9 Å². The Morgan fingerprint density at radius 2 is 2.04 bits per heavy atom. The Bertz CT molecular complexity index is 717. The van der Waals surface area contributed by atoms with Gasteiger partial charge in [0.05, 0.1) is 0 Å². The van der Waals surface area contributed by atoms with Crippen molar-refractivity contribution in [1.29, 1.82) is 0 Å². The van der Waals surface area contributed by atoms with E-state index in [1.807, 2.05) is 16.8 Å². The molecular formula is C19H24N4O. The maximum absolute atomic E-state index is 13.0. The summed E-state index contributed by atoms with van der Waals surface area (Å²) in [6, 6.07) is 8.01. The van der Waals surface area contributed by atoms with Crippen molar-refractivity contribution in [2.24, 2.45) is 0 Å². The molecule has 1 atom stereocenters. The fourth-order valence-electron chi connectivity index (χ4n) is 3.26. The first-order valence-electron chi connectivity index (χ1n) is 8.41. The third kappa shape index (κ3) is 3.40. The van der Waals surface area contributed by atoms with Crippen LogP contribution in [0.15, 0.2) is 36.7 Å². The van der Waals surface area contributed by atoms with Crippen molar-refractivity contribution in [3.63, 3.8) is 0 Å². The number of nitrogens with zero attached hydrogens (tertiary/aromatic N) is 4. The van der Waals surface area contributed by atoms with Crippen LogP contribution in [-0.4, -0.2) is 40.4 Å². The second kappa shape index (κ2) is 6.99. The van der Waals surface area contributed by atoms with Gasteiger partial charge in [-0.25, -0.2) is 9.97 Å². The number of aromatic nitrogens is 2. The molecule has 1 aromatic heterocycles. The average Bonchev–Trinajstić information content (AvgIpc) is 3.08. The Morgan fingerprint density at radius 1 is 1.29 bits per heavy atom. The predicted octanol–water partition coefficient (Wildman–Crippen LogP) is 2.72. The van der Waals surface area contributed by atoms with E-state index in [0.29, 0.717) is 12.5 Å². The zero-order valence-electron chi connectivity index (χ0n) is 14.6. The predicted molar refractivity (Wildman–Crippen MR) is 94.8 cm³/mol. The number of anilines is 1. The summed E-state index contributed by atoms with van der Waals surface area (Å²) in [5.41, 5.74) is 3.64. The van der Waals surface area contributed by atoms with Gasteiger partial charge in [-0.2, -0.15) is 0 Å². The average molecular weight is 324 g/mol. The molecule has 1 saturated heterocycles. The third-order valence-corrected chi connectivity index (χ3v) is 4.64. The highest BCUT2D eigenvalue weighted by molar-refractivity contribution is 5.85. The summed E-state index contributed by atoms with van der Waals surface area (Å²) in [6.07, 6.45) is 5.30. The van der Waals surface area contributed by atoms with Gasteiger partial charge >= 0.3 is 0 Å². The van der Waals surface area contributed by atoms with Crippen molar-refractivity contribution in [3.8, 4) is 0 Å². The number of benzene rings is 1. The molecule has 1 aromatic carbocycles. The molecular weight excluding hydrogens is 300 g/mol. The third-order valence-electron chi connectivity index (χ3n) is 4.64. The molecule has 0 aliphatic carbocycles. The number of hydrogen-bond acceptors (Lipinski definition) is 4. The smallest absolute Gasteiger partial charge is 0.245 e. The Labute approximate surface area is 143 Å². The zero-order chi connectivity index (χ0) is 17.1. The summed E-state index contributed by atoms with van der Waals surface area (Å²) in [7, 11) is 1.88. The van der Waals surface area contributed by atoms with Gasteiger partial charge in [0.1, 0.15) is 6.04 Å². The Hall–Kier alpha value is -2.43. The lowest BCUT2D eigenvalue weighted by atomic mass is 10.0. The topological polar surface area (TPSA) is 49.3 Å². The normalized spacial score (nSPS) is 17.1. The number of carbonyl (C=O) groups excluding carboxylic acids is 1. The molecule has 1 fully saturated rings. The lowest BCUT2D eigenvalue weighted by Gasteiger charge is -2.28. The standard InChI is InChI=1S/C19H24N4O/c1-14-7-8-15(2)16(12-14)13-22(3)18(24)17-6-4-11-23(17)19-20-9-5-10-21-19/h5,7-10,12,17H,4,6,11,13H2,1-3H3. The molecule has 0 saturated carbocycles. The van der Waals surface area contributed by atoms with Crippen LogP contribution in [0.25, 0.3) is 0 Å². The van der Waals surface area contributed by atoms with Crippen molar-refractivity contribution in [1.82, 2.24) is 14.9 Å². The fourth-order valence-corrected chi connectivity index (χ4v) is 3.26. The van der Waals surface area contributed by atoms with E-state index < -0.39 is 0 Å². The second-order valence-electron chi connectivity index (χ2n) is 6.52. The van der Waals surface area contributed by atoms with E-state index in [1.165, 1.54) is 16.7 Å². The highest BCUT2D eigenvalue weighted by atomic mass is 16.2. The van der Waals surface area contributed by atoms with Crippen LogP contribution < -0.4 is 4.90 Å². The molecule has 0 N–H and O–H groups in total. The molecule has 0 spiro atoms. The van der Waals surface area contributed by atoms with Crippen LogP contribution in [0.3, 0.4) is 0 Å². The largest absolute Gasteiger partial charge is 0.340 e. The SMILES string of the molecule is Cc1ccc(C)c(CN(C)C(=O)C2CCCN2c2ncccn2)c1. The first kappa shape index (κ1) is 16.4. The molecule has 1 aliphatic rings. The number of hydrogen-bond donors (Lipinski definition) is 0. The molecule has 1 amide bonds. The molecule has 1 unspecified atom stereocenters. The van der Waals surface area contributed by atoms with Gasteiger partial charge in [-0.3, -0.25) is 4.79 Å². The highest BCUT2D eigenvalue weighted by Gasteiger charge is 2.34. The maximum atomic E-state index is 13.0. The van der Waals surface area contributed by atoms with Gasteiger partial charge in [-0.15, -0.1) is 0 Å². The molecule has 2 heterocycles. The van der Waals surface area contributed by atoms with Crippen LogP contribution in [0.2, 0.25) is 0 Å². The first-order chi connectivity index (χ1) is 11.6. The lowest BCUT2D eigenvalue weighted by molar-refractivity contribution is -0.131. The van der Waals surface area contributed by atoms with E-state index in [-0.39, 0.29) is 11.9 Å². The molecule has 0 bridgehead atoms. The minimum absolute atomic E-state index is 0.140. The van der Waals surface area contributed by atoms with Crippen molar-refractivity contribution in [2.45, 2.75) is 39.3 Å². The Morgan fingerprint density at radius 3 is 2.79 bits per heavy atom. The molecule has 3 rings (SSSR count). The van der Waals surface area contributed by atoms with Crippen LogP contribution in [0.1, 0.15) is 29.5 Å². The van der Waals surface area contributed by atoms with Gasteiger partial charge in [0, 0.05) is 32.5 Å². The number of amides is 1. The maximum Gasteiger partial charge on any atom is 0.245 e. The minimum Gasteiger partial charge on any atom is -0.340 e. The molecule has 1 aliphatic heterocycles. The summed E-state index contributed by atoms with van der Waals surface area (Å²) in [5.74, 6) is 0.786. The van der Waals surface area contributed by atoms with Gasteiger partial charge in [0.15, 0.2) is 0 Å². The fraction of sp³-hybridized carbons (Fsp3) is 0.421. The van der Waals surface area contributed by atoms with Crippen LogP contribution in [0.4, 0.5) is 5.95 Å². The van der Waals surface area contributed by atoms with E-state index in [9.17, 15) is 4.79 Å². The highest BCUT2D eigenvalue weighted by Crippen LogP contribution is 2.24. The van der Waals surface area contributed by atoms with Crippen molar-refractivity contribution in [2.75, 3.05) is 18.5 Å². The number of carbonyl (C=O) groups is 1. The molecule has 126 valence electrons. The summed E-state index contributed by atoms with van der Waals surface area (Å²) >= 11 is 0. The monoisotopic (exact) mass is 324 g/mol. The number of likely N-dealkylation sites (N-methyl/N-ethyl adjacent to an activating group) is 1. The van der Waals surface area contributed by atoms with E-state index in [0.717, 1.165) is 19.4 Å². The van der Waals surface area contributed by atoms with Gasteiger partial charge in [-0.05, 0) is 43.9 Å². The van der Waals surface area contributed by atoms with Gasteiger partial charge < -0.3 is 9.80 Å². The molecule has 5 heteroatoms. The first-order valence-corrected chi connectivity index (χ1v) is 8.41. The van der Waals surface area contributed by atoms with E-state index in [2.05, 4.69) is 42.0 Å². The minimum atomic E-state index is -0.164. The summed E-state index contributed by atoms with van der Waals surface area (Å²) in [4.78, 5) is 25.4. The molecule has 2 aromatic rings. The number of aryl methyl sites for hydroxylation is 2. The van der Waals surface area contributed by atoms with Crippen LogP contribution in [-0.2, 0) is 11.3 Å². The lowest BCUT2D eigenvalue weighted by Crippen LogP contribution is -2.44. The molecule has 0 radical (unpaired) electrons. The van der Waals surface area contributed by atoms with Crippen LogP contribution in [0, 0.1) is 13.8 Å². The van der Waals surface area contributed by atoms with Crippen molar-refractivity contribution < 1.29 is 4.79 Å². The van der Waals surface area contributed by atoms with Crippen LogP contribution >= 0.6 is 0 Å². The van der Waals surface area contributed by atoms with E-state index >= 15 is 0 Å². The quantitative estimate of drug-likeness (QED) is 0.868. The van der Waals surface area contributed by atoms with Gasteiger partial charge in [0.25, 0.3) is 0 Å². The van der Waals surface area contributed by atoms with Crippen LogP contribution in [0.5, 0.6) is 0 Å². The number of rotatable bonds is 4. The van der Waals surface area contributed by atoms with Crippen molar-refractivity contribution in [3.05, 3.63) is 53.3 Å². The molecule has 5 nitrogen and oxygen atoms in total. The molecule has 24 heavy (non-hydrogen) atoms. The zero-order valence-corrected chi connectivity index (χ0v) is 14.6. The summed E-state index contributed by atoms with van der Waals surface area (Å²) < 4.78 is 0. The van der Waals surface area contributed by atoms with Crippen molar-refractivity contribution >= 4 is 11.9 Å². The Kier molecular flexibility index (Phi) is 4.79. The second-order valence-corrected chi connectivity index (χ2v) is 6.52. The van der Waals surface area contributed by atoms with E-state index in [1.54, 1.807) is 18.5 Å². The Balaban J connectivity index is 1.74. The van der Waals surface area contributed by atoms with E-state index in [4.69, 9.17) is 0 Å².